The topological polar surface area (TPSA) is 163 Å². The van der Waals surface area contributed by atoms with Gasteiger partial charge in [-0.2, -0.15) is 0 Å². The maximum absolute atomic E-state index is 12.9. The van der Waals surface area contributed by atoms with Gasteiger partial charge >= 0.3 is 23.7 Å². The van der Waals surface area contributed by atoms with Gasteiger partial charge in [-0.3, -0.25) is 9.36 Å². The Morgan fingerprint density at radius 3 is 2.15 bits per heavy atom. The summed E-state index contributed by atoms with van der Waals surface area (Å²) in [7, 11) is 0. The summed E-state index contributed by atoms with van der Waals surface area (Å²) in [6.07, 6.45) is 3.47. The fourth-order valence-corrected chi connectivity index (χ4v) is 5.02. The first-order valence-corrected chi connectivity index (χ1v) is 13.6. The molecule has 2 amide bonds. The minimum atomic E-state index is -1.82. The van der Waals surface area contributed by atoms with E-state index < -0.39 is 11.9 Å². The Bertz CT molecular complexity index is 1230. The Hall–Kier alpha value is -3.71. The lowest BCUT2D eigenvalue weighted by Gasteiger charge is -2.32. The lowest BCUT2D eigenvalue weighted by atomic mass is 9.96. The van der Waals surface area contributed by atoms with Gasteiger partial charge in [0, 0.05) is 32.1 Å². The summed E-state index contributed by atoms with van der Waals surface area (Å²) in [5.74, 6) is -3.02. The van der Waals surface area contributed by atoms with E-state index in [9.17, 15) is 14.4 Å². The lowest BCUT2D eigenvalue weighted by molar-refractivity contribution is -0.159. The van der Waals surface area contributed by atoms with Crippen molar-refractivity contribution in [2.75, 3.05) is 52.5 Å². The molecule has 0 radical (unpaired) electrons. The first-order valence-electron chi connectivity index (χ1n) is 13.6. The molecule has 13 nitrogen and oxygen atoms in total. The molecule has 220 valence electrons. The number of amides is 2. The number of carbonyl (C=O) groups is 4. The molecule has 2 aliphatic heterocycles. The van der Waals surface area contributed by atoms with Gasteiger partial charge in [-0.25, -0.2) is 23.7 Å². The SMILES string of the molecule is CC(C)n1c(=O)n(C(=O)NCC2CCN(CCCC(=O)N3CCOCC3)CC2)c2ccccc21.O=C(O)C(=O)O. The minimum Gasteiger partial charge on any atom is -0.473 e. The maximum Gasteiger partial charge on any atom is 0.414 e. The number of nitrogens with zero attached hydrogens (tertiary/aromatic N) is 4. The number of morpholine rings is 1. The van der Waals surface area contributed by atoms with E-state index in [-0.39, 0.29) is 23.7 Å². The average molecular weight is 562 g/mol. The summed E-state index contributed by atoms with van der Waals surface area (Å²) in [6.45, 7) is 10.0. The number of carbonyl (C=O) groups excluding carboxylic acids is 2. The van der Waals surface area contributed by atoms with Crippen molar-refractivity contribution in [2.45, 2.75) is 45.6 Å². The van der Waals surface area contributed by atoms with Crippen LogP contribution in [0.15, 0.2) is 29.1 Å². The van der Waals surface area contributed by atoms with Gasteiger partial charge in [0.2, 0.25) is 5.91 Å². The standard InChI is InChI=1S/C25H37N5O4.C2H2O4/c1-19(2)29-21-6-3-4-7-22(21)30(25(29)33)24(32)26-18-20-9-12-27(13-10-20)11-5-8-23(31)28-14-16-34-17-15-28;3-1(4)2(5)6/h3-4,6-7,19-20H,5,8-18H2,1-2H3,(H,26,32);(H,3,4)(H,5,6). The number of hydrogen-bond donors (Lipinski definition) is 3. The molecule has 2 aliphatic rings. The molecule has 40 heavy (non-hydrogen) atoms. The Morgan fingerprint density at radius 1 is 0.975 bits per heavy atom. The van der Waals surface area contributed by atoms with E-state index in [1.165, 1.54) is 4.57 Å². The minimum absolute atomic E-state index is 0.0278. The zero-order chi connectivity index (χ0) is 29.2. The first-order chi connectivity index (χ1) is 19.1. The molecule has 13 heteroatoms. The number of ether oxygens (including phenoxy) is 1. The van der Waals surface area contributed by atoms with E-state index in [1.807, 2.05) is 43.0 Å². The molecular weight excluding hydrogens is 522 g/mol. The quantitative estimate of drug-likeness (QED) is 0.425. The Morgan fingerprint density at radius 2 is 1.57 bits per heavy atom. The number of carboxylic acids is 2. The average Bonchev–Trinajstić information content (AvgIpc) is 3.25. The number of benzene rings is 1. The number of piperidine rings is 1. The van der Waals surface area contributed by atoms with Gasteiger partial charge in [0.1, 0.15) is 0 Å². The molecule has 0 spiro atoms. The molecule has 2 saturated heterocycles. The highest BCUT2D eigenvalue weighted by Gasteiger charge is 2.23. The highest BCUT2D eigenvalue weighted by Crippen LogP contribution is 2.19. The van der Waals surface area contributed by atoms with Crippen molar-refractivity contribution in [2.24, 2.45) is 5.92 Å². The molecule has 3 heterocycles. The van der Waals surface area contributed by atoms with Crippen molar-refractivity contribution >= 4 is 34.9 Å². The molecule has 2 aromatic rings. The fraction of sp³-hybridized carbons (Fsp3) is 0.593. The first kappa shape index (κ1) is 30.8. The second-order valence-electron chi connectivity index (χ2n) is 10.2. The molecule has 1 aromatic heterocycles. The van der Waals surface area contributed by atoms with Crippen molar-refractivity contribution in [1.29, 1.82) is 0 Å². The number of aromatic nitrogens is 2. The van der Waals surface area contributed by atoms with E-state index in [0.29, 0.717) is 50.7 Å². The second kappa shape index (κ2) is 14.6. The number of fused-ring (bicyclic) bond motifs is 1. The molecule has 3 N–H and O–H groups in total. The summed E-state index contributed by atoms with van der Waals surface area (Å²) in [5.41, 5.74) is 1.12. The van der Waals surface area contributed by atoms with Crippen molar-refractivity contribution in [3.05, 3.63) is 34.7 Å². The summed E-state index contributed by atoms with van der Waals surface area (Å²) in [5, 5.41) is 17.8. The van der Waals surface area contributed by atoms with Crippen LogP contribution in [0.25, 0.3) is 11.0 Å². The Kier molecular flexibility index (Phi) is 11.3. The van der Waals surface area contributed by atoms with E-state index in [1.54, 1.807) is 4.57 Å². The number of imidazole rings is 1. The van der Waals surface area contributed by atoms with Gasteiger partial charge in [0.15, 0.2) is 0 Å². The van der Waals surface area contributed by atoms with Crippen LogP contribution >= 0.6 is 0 Å². The molecule has 0 atom stereocenters. The number of hydrogen-bond acceptors (Lipinski definition) is 7. The van der Waals surface area contributed by atoms with E-state index in [4.69, 9.17) is 24.5 Å². The summed E-state index contributed by atoms with van der Waals surface area (Å²) in [4.78, 5) is 60.7. The number of rotatable bonds is 7. The monoisotopic (exact) mass is 561 g/mol. The van der Waals surface area contributed by atoms with E-state index in [0.717, 1.165) is 44.4 Å². The third-order valence-electron chi connectivity index (χ3n) is 7.16. The molecule has 2 fully saturated rings. The maximum atomic E-state index is 12.9. The van der Waals surface area contributed by atoms with Crippen molar-refractivity contribution < 1.29 is 34.1 Å². The smallest absolute Gasteiger partial charge is 0.414 e. The van der Waals surface area contributed by atoms with Gasteiger partial charge in [0.05, 0.1) is 24.2 Å². The van der Waals surface area contributed by atoms with Crippen LogP contribution in [-0.2, 0) is 19.1 Å². The number of likely N-dealkylation sites (tertiary alicyclic amines) is 1. The van der Waals surface area contributed by atoms with Gasteiger partial charge in [-0.15, -0.1) is 0 Å². The summed E-state index contributed by atoms with van der Waals surface area (Å²) >= 11 is 0. The third-order valence-corrected chi connectivity index (χ3v) is 7.16. The van der Waals surface area contributed by atoms with E-state index >= 15 is 0 Å². The van der Waals surface area contributed by atoms with Gasteiger partial charge in [-0.05, 0) is 70.8 Å². The number of para-hydroxylation sites is 2. The predicted molar refractivity (Wildman–Crippen MR) is 146 cm³/mol. The summed E-state index contributed by atoms with van der Waals surface area (Å²) < 4.78 is 8.23. The van der Waals surface area contributed by atoms with Crippen LogP contribution in [0.1, 0.15) is 45.6 Å². The van der Waals surface area contributed by atoms with Gasteiger partial charge in [-0.1, -0.05) is 12.1 Å². The van der Waals surface area contributed by atoms with Crippen LogP contribution in [0.4, 0.5) is 4.79 Å². The third kappa shape index (κ3) is 8.15. The highest BCUT2D eigenvalue weighted by molar-refractivity contribution is 6.27. The van der Waals surface area contributed by atoms with E-state index in [2.05, 4.69) is 10.2 Å². The molecule has 1 aromatic carbocycles. The lowest BCUT2D eigenvalue weighted by Crippen LogP contribution is -2.42. The molecule has 0 aliphatic carbocycles. The number of carboxylic acid groups (broad SMARTS) is 2. The molecule has 0 unspecified atom stereocenters. The highest BCUT2D eigenvalue weighted by atomic mass is 16.5. The van der Waals surface area contributed by atoms with Crippen LogP contribution in [0.3, 0.4) is 0 Å². The normalized spacial score (nSPS) is 16.4. The van der Waals surface area contributed by atoms with Crippen LogP contribution in [0, 0.1) is 5.92 Å². The molecule has 0 bridgehead atoms. The second-order valence-corrected chi connectivity index (χ2v) is 10.2. The van der Waals surface area contributed by atoms with Crippen molar-refractivity contribution in [1.82, 2.24) is 24.3 Å². The van der Waals surface area contributed by atoms with Crippen LogP contribution < -0.4 is 11.0 Å². The Balaban J connectivity index is 0.000000663. The number of aliphatic carboxylic acids is 2. The largest absolute Gasteiger partial charge is 0.473 e. The zero-order valence-corrected chi connectivity index (χ0v) is 23.1. The van der Waals surface area contributed by atoms with Crippen LogP contribution in [0.2, 0.25) is 0 Å². The molecule has 0 saturated carbocycles. The van der Waals surface area contributed by atoms with Gasteiger partial charge in [0.25, 0.3) is 0 Å². The number of nitrogens with one attached hydrogen (secondary N) is 1. The molecular formula is C27H39N5O8. The van der Waals surface area contributed by atoms with Crippen molar-refractivity contribution in [3.63, 3.8) is 0 Å². The molecule has 4 rings (SSSR count). The van der Waals surface area contributed by atoms with Crippen LogP contribution in [0.5, 0.6) is 0 Å². The van der Waals surface area contributed by atoms with Gasteiger partial charge < -0.3 is 30.1 Å². The zero-order valence-electron chi connectivity index (χ0n) is 23.1. The Labute approximate surface area is 232 Å². The summed E-state index contributed by atoms with van der Waals surface area (Å²) in [6, 6.07) is 7.04. The van der Waals surface area contributed by atoms with Crippen molar-refractivity contribution in [3.8, 4) is 0 Å². The predicted octanol–water partition coefficient (Wildman–Crippen LogP) is 1.45. The van der Waals surface area contributed by atoms with Crippen LogP contribution in [-0.4, -0.2) is 106 Å². The fourth-order valence-electron chi connectivity index (χ4n) is 5.02.